The Balaban J connectivity index is 2.41. The molecule has 1 aromatic carbocycles. The highest BCUT2D eigenvalue weighted by molar-refractivity contribution is 7.80. The van der Waals surface area contributed by atoms with Crippen molar-refractivity contribution in [2.24, 2.45) is 0 Å². The van der Waals surface area contributed by atoms with E-state index in [1.54, 1.807) is 30.3 Å². The van der Waals surface area contributed by atoms with Crippen molar-refractivity contribution in [1.29, 1.82) is 0 Å². The van der Waals surface area contributed by atoms with Crippen LogP contribution in [-0.4, -0.2) is 22.5 Å². The predicted molar refractivity (Wildman–Crippen MR) is 59.9 cm³/mol. The summed E-state index contributed by atoms with van der Waals surface area (Å²) in [5, 5.41) is 0. The second kappa shape index (κ2) is 3.90. The molecule has 4 heteroatoms. The fourth-order valence-electron chi connectivity index (χ4n) is 1.50. The summed E-state index contributed by atoms with van der Waals surface area (Å²) in [6.07, 6.45) is 3.13. The quantitative estimate of drug-likeness (QED) is 0.607. The van der Waals surface area contributed by atoms with E-state index >= 15 is 0 Å². The van der Waals surface area contributed by atoms with E-state index < -0.39 is 0 Å². The summed E-state index contributed by atoms with van der Waals surface area (Å²) < 4.78 is 0. The van der Waals surface area contributed by atoms with Gasteiger partial charge in [-0.05, 0) is 12.1 Å². The van der Waals surface area contributed by atoms with Crippen molar-refractivity contribution < 1.29 is 9.59 Å². The molecule has 0 unspecified atom stereocenters. The van der Waals surface area contributed by atoms with E-state index in [9.17, 15) is 9.59 Å². The summed E-state index contributed by atoms with van der Waals surface area (Å²) in [7, 11) is 0. The zero-order valence-corrected chi connectivity index (χ0v) is 8.78. The Morgan fingerprint density at radius 2 is 1.67 bits per heavy atom. The number of benzene rings is 1. The van der Waals surface area contributed by atoms with Gasteiger partial charge in [0.1, 0.15) is 0 Å². The monoisotopic (exact) mass is 219 g/mol. The molecule has 0 atom stereocenters. The summed E-state index contributed by atoms with van der Waals surface area (Å²) in [5.41, 5.74) is 0.928. The topological polar surface area (TPSA) is 37.4 Å². The lowest BCUT2D eigenvalue weighted by atomic mass is 10.1. The van der Waals surface area contributed by atoms with Crippen LogP contribution in [0, 0.1) is 0 Å². The van der Waals surface area contributed by atoms with Crippen LogP contribution in [0.5, 0.6) is 0 Å². The molecule has 15 heavy (non-hydrogen) atoms. The number of nitrogens with zero attached hydrogens (tertiary/aromatic N) is 1. The minimum Gasteiger partial charge on any atom is -0.268 e. The van der Waals surface area contributed by atoms with E-state index in [-0.39, 0.29) is 11.8 Å². The third kappa shape index (κ3) is 1.57. The van der Waals surface area contributed by atoms with Gasteiger partial charge in [-0.3, -0.25) is 9.59 Å². The largest absolute Gasteiger partial charge is 0.268 e. The molecule has 0 N–H and O–H groups in total. The second-order valence-corrected chi connectivity index (χ2v) is 3.46. The van der Waals surface area contributed by atoms with Crippen LogP contribution in [0.2, 0.25) is 0 Å². The number of hydrogen-bond donors (Lipinski definition) is 1. The smallest absolute Gasteiger partial charge is 0.265 e. The van der Waals surface area contributed by atoms with E-state index in [1.165, 1.54) is 6.20 Å². The number of carbonyl (C=O) groups excluding carboxylic acids is 2. The summed E-state index contributed by atoms with van der Waals surface area (Å²) in [5.74, 6) is -0.0461. The Kier molecular flexibility index (Phi) is 2.60. The normalized spacial score (nSPS) is 15.1. The second-order valence-electron chi connectivity index (χ2n) is 3.09. The van der Waals surface area contributed by atoms with E-state index in [0.717, 1.165) is 4.90 Å². The number of imide groups is 1. The maximum Gasteiger partial charge on any atom is 0.265 e. The third-order valence-electron chi connectivity index (χ3n) is 2.19. The number of fused-ring (bicyclic) bond motifs is 1. The molecule has 1 aromatic rings. The van der Waals surface area contributed by atoms with Crippen molar-refractivity contribution in [1.82, 2.24) is 4.90 Å². The fraction of sp³-hybridized carbons (Fsp3) is 0.0909. The van der Waals surface area contributed by atoms with Crippen molar-refractivity contribution in [3.63, 3.8) is 0 Å². The maximum absolute atomic E-state index is 11.7. The molecule has 3 nitrogen and oxygen atoms in total. The number of amides is 2. The highest BCUT2D eigenvalue weighted by atomic mass is 32.1. The maximum atomic E-state index is 11.7. The zero-order valence-electron chi connectivity index (χ0n) is 7.88. The van der Waals surface area contributed by atoms with Crippen molar-refractivity contribution in [2.75, 3.05) is 5.75 Å². The van der Waals surface area contributed by atoms with Gasteiger partial charge in [0.25, 0.3) is 11.8 Å². The highest BCUT2D eigenvalue weighted by Crippen LogP contribution is 2.22. The standard InChI is InChI=1S/C11H9NO2S/c13-10-8-4-1-2-5-9(8)11(14)12(10)6-3-7-15/h1-6,15H,7H2. The molecule has 0 aliphatic carbocycles. The first-order chi connectivity index (χ1) is 7.25. The first kappa shape index (κ1) is 9.98. The first-order valence-electron chi connectivity index (χ1n) is 4.50. The highest BCUT2D eigenvalue weighted by Gasteiger charge is 2.33. The summed E-state index contributed by atoms with van der Waals surface area (Å²) in [4.78, 5) is 24.6. The number of carbonyl (C=O) groups is 2. The lowest BCUT2D eigenvalue weighted by molar-refractivity contribution is 0.0721. The van der Waals surface area contributed by atoms with Crippen LogP contribution < -0.4 is 0 Å². The minimum absolute atomic E-state index is 0.270. The molecule has 2 amide bonds. The Morgan fingerprint density at radius 3 is 2.13 bits per heavy atom. The lowest BCUT2D eigenvalue weighted by Crippen LogP contribution is -2.23. The summed E-state index contributed by atoms with van der Waals surface area (Å²) in [6.45, 7) is 0. The van der Waals surface area contributed by atoms with Crippen molar-refractivity contribution in [2.45, 2.75) is 0 Å². The molecule has 0 saturated carbocycles. The Morgan fingerprint density at radius 1 is 1.13 bits per heavy atom. The number of rotatable bonds is 2. The number of thiol groups is 1. The molecular weight excluding hydrogens is 210 g/mol. The van der Waals surface area contributed by atoms with Gasteiger partial charge in [-0.2, -0.15) is 12.6 Å². The fourth-order valence-corrected chi connectivity index (χ4v) is 1.59. The average molecular weight is 219 g/mol. The molecule has 2 rings (SSSR count). The Labute approximate surface area is 92.8 Å². The van der Waals surface area contributed by atoms with E-state index in [0.29, 0.717) is 16.9 Å². The van der Waals surface area contributed by atoms with Crippen LogP contribution in [0.1, 0.15) is 20.7 Å². The van der Waals surface area contributed by atoms with Gasteiger partial charge in [-0.15, -0.1) is 0 Å². The minimum atomic E-state index is -0.270. The predicted octanol–water partition coefficient (Wildman–Crippen LogP) is 1.73. The van der Waals surface area contributed by atoms with Crippen LogP contribution in [0.25, 0.3) is 0 Å². The summed E-state index contributed by atoms with van der Waals surface area (Å²) in [6, 6.07) is 6.81. The van der Waals surface area contributed by atoms with Crippen molar-refractivity contribution in [3.8, 4) is 0 Å². The van der Waals surface area contributed by atoms with Crippen LogP contribution in [0.4, 0.5) is 0 Å². The van der Waals surface area contributed by atoms with E-state index in [2.05, 4.69) is 12.6 Å². The molecule has 0 radical (unpaired) electrons. The summed E-state index contributed by atoms with van der Waals surface area (Å²) >= 11 is 3.98. The molecular formula is C11H9NO2S. The van der Waals surface area contributed by atoms with Crippen LogP contribution in [-0.2, 0) is 0 Å². The van der Waals surface area contributed by atoms with Crippen LogP contribution in [0.3, 0.4) is 0 Å². The van der Waals surface area contributed by atoms with Crippen molar-refractivity contribution >= 4 is 24.4 Å². The van der Waals surface area contributed by atoms with Gasteiger partial charge in [-0.25, -0.2) is 4.90 Å². The molecule has 0 bridgehead atoms. The van der Waals surface area contributed by atoms with E-state index in [1.807, 2.05) is 0 Å². The van der Waals surface area contributed by atoms with Gasteiger partial charge < -0.3 is 0 Å². The van der Waals surface area contributed by atoms with Gasteiger partial charge in [0.05, 0.1) is 11.1 Å². The average Bonchev–Trinajstić information content (AvgIpc) is 2.51. The van der Waals surface area contributed by atoms with E-state index in [4.69, 9.17) is 0 Å². The van der Waals surface area contributed by atoms with Crippen LogP contribution >= 0.6 is 12.6 Å². The molecule has 1 aliphatic rings. The molecule has 0 spiro atoms. The van der Waals surface area contributed by atoms with Gasteiger partial charge in [0.2, 0.25) is 0 Å². The van der Waals surface area contributed by atoms with Gasteiger partial charge in [-0.1, -0.05) is 18.2 Å². The molecule has 76 valence electrons. The zero-order chi connectivity index (χ0) is 10.8. The molecule has 1 heterocycles. The van der Waals surface area contributed by atoms with Gasteiger partial charge in [0, 0.05) is 12.0 Å². The molecule has 1 aliphatic heterocycles. The van der Waals surface area contributed by atoms with Crippen LogP contribution in [0.15, 0.2) is 36.5 Å². The third-order valence-corrected chi connectivity index (χ3v) is 2.40. The van der Waals surface area contributed by atoms with Gasteiger partial charge >= 0.3 is 0 Å². The lowest BCUT2D eigenvalue weighted by Gasteiger charge is -2.05. The molecule has 0 aromatic heterocycles. The number of hydrogen-bond acceptors (Lipinski definition) is 3. The SMILES string of the molecule is O=C1c2ccccc2C(=O)N1C=CCS. The molecule has 0 fully saturated rings. The first-order valence-corrected chi connectivity index (χ1v) is 5.13. The van der Waals surface area contributed by atoms with Crippen molar-refractivity contribution in [3.05, 3.63) is 47.7 Å². The molecule has 0 saturated heterocycles. The Bertz CT molecular complexity index is 419. The Hall–Kier alpha value is -1.55. The van der Waals surface area contributed by atoms with Gasteiger partial charge in [0.15, 0.2) is 0 Å².